The molecule has 0 saturated carbocycles. The van der Waals surface area contributed by atoms with Gasteiger partial charge in [-0.25, -0.2) is 0 Å². The summed E-state index contributed by atoms with van der Waals surface area (Å²) in [6.45, 7) is 10.8. The van der Waals surface area contributed by atoms with Crippen LogP contribution in [0.2, 0.25) is 0 Å². The molecule has 0 bridgehead atoms. The van der Waals surface area contributed by atoms with Crippen molar-refractivity contribution in [2.75, 3.05) is 0 Å². The lowest BCUT2D eigenvalue weighted by Crippen LogP contribution is -2.36. The second-order valence-corrected chi connectivity index (χ2v) is 7.18. The topological polar surface area (TPSA) is 38.3 Å². The maximum Gasteiger partial charge on any atom is 0.261 e. The zero-order valence-corrected chi connectivity index (χ0v) is 15.2. The monoisotopic (exact) mass is 325 g/mol. The lowest BCUT2D eigenvalue weighted by atomic mass is 9.87. The van der Waals surface area contributed by atoms with E-state index < -0.39 is 6.10 Å². The molecule has 0 aliphatic heterocycles. The van der Waals surface area contributed by atoms with Crippen LogP contribution in [0.4, 0.5) is 0 Å². The molecule has 24 heavy (non-hydrogen) atoms. The van der Waals surface area contributed by atoms with Gasteiger partial charge in [-0.3, -0.25) is 4.79 Å². The van der Waals surface area contributed by atoms with Gasteiger partial charge in [0.25, 0.3) is 5.91 Å². The number of benzene rings is 2. The van der Waals surface area contributed by atoms with E-state index in [-0.39, 0.29) is 11.3 Å². The Labute approximate surface area is 145 Å². The summed E-state index contributed by atoms with van der Waals surface area (Å²) in [5, 5.41) is 2.93. The van der Waals surface area contributed by atoms with Gasteiger partial charge in [-0.15, -0.1) is 0 Å². The molecule has 2 rings (SSSR count). The number of amides is 1. The van der Waals surface area contributed by atoms with Crippen molar-refractivity contribution in [1.82, 2.24) is 5.32 Å². The van der Waals surface area contributed by atoms with E-state index in [2.05, 4.69) is 26.1 Å². The van der Waals surface area contributed by atoms with Crippen molar-refractivity contribution in [3.8, 4) is 5.75 Å². The summed E-state index contributed by atoms with van der Waals surface area (Å²) in [5.41, 5.74) is 3.64. The summed E-state index contributed by atoms with van der Waals surface area (Å²) in [6.07, 6.45) is -0.533. The van der Waals surface area contributed by atoms with Crippen LogP contribution < -0.4 is 10.1 Å². The van der Waals surface area contributed by atoms with Gasteiger partial charge in [0, 0.05) is 6.54 Å². The average molecular weight is 325 g/mol. The minimum absolute atomic E-state index is 0.106. The predicted molar refractivity (Wildman–Crippen MR) is 98.3 cm³/mol. The first kappa shape index (κ1) is 18.1. The van der Waals surface area contributed by atoms with E-state index in [4.69, 9.17) is 4.74 Å². The Kier molecular flexibility index (Phi) is 5.66. The average Bonchev–Trinajstić information content (AvgIpc) is 2.53. The number of carbonyl (C=O) groups excluding carboxylic acids is 1. The van der Waals surface area contributed by atoms with Crippen LogP contribution in [0.5, 0.6) is 5.75 Å². The molecule has 0 aliphatic rings. The van der Waals surface area contributed by atoms with Gasteiger partial charge >= 0.3 is 0 Å². The molecule has 0 fully saturated rings. The maximum absolute atomic E-state index is 12.2. The molecule has 1 atom stereocenters. The third-order valence-corrected chi connectivity index (χ3v) is 4.12. The fraction of sp³-hybridized carbons (Fsp3) is 0.381. The number of nitrogens with one attached hydrogen (secondary N) is 1. The van der Waals surface area contributed by atoms with E-state index in [0.717, 1.165) is 5.56 Å². The van der Waals surface area contributed by atoms with Crippen LogP contribution in [0.25, 0.3) is 0 Å². The van der Waals surface area contributed by atoms with E-state index in [1.807, 2.05) is 55.5 Å². The van der Waals surface area contributed by atoms with Gasteiger partial charge in [0.1, 0.15) is 5.75 Å². The normalized spacial score (nSPS) is 12.5. The van der Waals surface area contributed by atoms with Crippen LogP contribution in [0, 0.1) is 6.92 Å². The van der Waals surface area contributed by atoms with E-state index in [1.54, 1.807) is 6.92 Å². The molecule has 0 aliphatic carbocycles. The first-order chi connectivity index (χ1) is 11.3. The number of rotatable bonds is 5. The highest BCUT2D eigenvalue weighted by molar-refractivity contribution is 5.80. The summed E-state index contributed by atoms with van der Waals surface area (Å²) in [4.78, 5) is 12.2. The molecule has 2 aromatic rings. The predicted octanol–water partition coefficient (Wildman–Crippen LogP) is 4.38. The smallest absolute Gasteiger partial charge is 0.261 e. The van der Waals surface area contributed by atoms with Crippen molar-refractivity contribution in [2.24, 2.45) is 0 Å². The highest BCUT2D eigenvalue weighted by atomic mass is 16.5. The molecule has 0 heterocycles. The largest absolute Gasteiger partial charge is 0.481 e. The standard InChI is InChI=1S/C21H27NO2/c1-15-8-6-7-9-17(15)14-22-20(23)16(2)24-19-12-10-18(11-13-19)21(3,4)5/h6-13,16H,14H2,1-5H3,(H,22,23)/t16-/m1/s1. The summed E-state index contributed by atoms with van der Waals surface area (Å²) >= 11 is 0. The molecule has 128 valence electrons. The summed E-state index contributed by atoms with van der Waals surface area (Å²) in [7, 11) is 0. The fourth-order valence-corrected chi connectivity index (χ4v) is 2.43. The number of aryl methyl sites for hydroxylation is 1. The van der Waals surface area contributed by atoms with Gasteiger partial charge in [0.15, 0.2) is 6.10 Å². The minimum atomic E-state index is -0.533. The first-order valence-corrected chi connectivity index (χ1v) is 8.37. The third kappa shape index (κ3) is 4.85. The van der Waals surface area contributed by atoms with E-state index in [9.17, 15) is 4.79 Å². The molecule has 1 N–H and O–H groups in total. The van der Waals surface area contributed by atoms with Gasteiger partial charge in [-0.05, 0) is 48.1 Å². The van der Waals surface area contributed by atoms with Gasteiger partial charge in [-0.1, -0.05) is 57.2 Å². The van der Waals surface area contributed by atoms with Crippen molar-refractivity contribution < 1.29 is 9.53 Å². The molecule has 2 aromatic carbocycles. The quantitative estimate of drug-likeness (QED) is 0.886. The molecule has 0 radical (unpaired) electrons. The SMILES string of the molecule is Cc1ccccc1CNC(=O)[C@@H](C)Oc1ccc(C(C)(C)C)cc1. The molecule has 3 nitrogen and oxygen atoms in total. The van der Waals surface area contributed by atoms with E-state index in [0.29, 0.717) is 12.3 Å². The van der Waals surface area contributed by atoms with Crippen LogP contribution >= 0.6 is 0 Å². The maximum atomic E-state index is 12.2. The van der Waals surface area contributed by atoms with Gasteiger partial charge < -0.3 is 10.1 Å². The molecule has 0 spiro atoms. The van der Waals surface area contributed by atoms with Crippen LogP contribution in [0.15, 0.2) is 48.5 Å². The zero-order valence-electron chi connectivity index (χ0n) is 15.2. The van der Waals surface area contributed by atoms with Gasteiger partial charge in [-0.2, -0.15) is 0 Å². The van der Waals surface area contributed by atoms with Crippen molar-refractivity contribution in [2.45, 2.75) is 52.7 Å². The number of hydrogen-bond donors (Lipinski definition) is 1. The Balaban J connectivity index is 1.91. The third-order valence-electron chi connectivity index (χ3n) is 4.12. The van der Waals surface area contributed by atoms with Crippen molar-refractivity contribution >= 4 is 5.91 Å². The molecule has 0 aromatic heterocycles. The second kappa shape index (κ2) is 7.52. The van der Waals surface area contributed by atoms with Crippen molar-refractivity contribution in [3.63, 3.8) is 0 Å². The number of ether oxygens (including phenoxy) is 1. The van der Waals surface area contributed by atoms with Crippen molar-refractivity contribution in [3.05, 3.63) is 65.2 Å². The van der Waals surface area contributed by atoms with Crippen LogP contribution in [-0.2, 0) is 16.8 Å². The molecule has 0 unspecified atom stereocenters. The summed E-state index contributed by atoms with van der Waals surface area (Å²) in [5.74, 6) is 0.597. The van der Waals surface area contributed by atoms with E-state index >= 15 is 0 Å². The first-order valence-electron chi connectivity index (χ1n) is 8.37. The second-order valence-electron chi connectivity index (χ2n) is 7.18. The lowest BCUT2D eigenvalue weighted by molar-refractivity contribution is -0.127. The Bertz CT molecular complexity index is 684. The van der Waals surface area contributed by atoms with Crippen LogP contribution in [-0.4, -0.2) is 12.0 Å². The van der Waals surface area contributed by atoms with Crippen LogP contribution in [0.3, 0.4) is 0 Å². The molecule has 3 heteroatoms. The minimum Gasteiger partial charge on any atom is -0.481 e. The van der Waals surface area contributed by atoms with Gasteiger partial charge in [0.05, 0.1) is 0 Å². The lowest BCUT2D eigenvalue weighted by Gasteiger charge is -2.20. The summed E-state index contributed by atoms with van der Waals surface area (Å²) < 4.78 is 5.75. The van der Waals surface area contributed by atoms with Crippen LogP contribution in [0.1, 0.15) is 44.4 Å². The highest BCUT2D eigenvalue weighted by Gasteiger charge is 2.16. The Morgan fingerprint density at radius 2 is 1.71 bits per heavy atom. The summed E-state index contributed by atoms with van der Waals surface area (Å²) in [6, 6.07) is 16.0. The molecule has 1 amide bonds. The number of hydrogen-bond acceptors (Lipinski definition) is 2. The zero-order chi connectivity index (χ0) is 17.7. The Hall–Kier alpha value is -2.29. The highest BCUT2D eigenvalue weighted by Crippen LogP contribution is 2.24. The Morgan fingerprint density at radius 1 is 1.08 bits per heavy atom. The van der Waals surface area contributed by atoms with Crippen molar-refractivity contribution in [1.29, 1.82) is 0 Å². The fourth-order valence-electron chi connectivity index (χ4n) is 2.43. The van der Waals surface area contributed by atoms with E-state index in [1.165, 1.54) is 11.1 Å². The molecule has 0 saturated heterocycles. The Morgan fingerprint density at radius 3 is 2.29 bits per heavy atom. The van der Waals surface area contributed by atoms with Gasteiger partial charge in [0.2, 0.25) is 0 Å². The number of carbonyl (C=O) groups is 1. The molecular formula is C21H27NO2. The molecular weight excluding hydrogens is 298 g/mol.